The highest BCUT2D eigenvalue weighted by Crippen LogP contribution is 2.11. The number of rotatable bonds is 5. The maximum absolute atomic E-state index is 11.5. The van der Waals surface area contributed by atoms with E-state index in [2.05, 4.69) is 9.97 Å². The van der Waals surface area contributed by atoms with Crippen LogP contribution in [0.4, 0.5) is 0 Å². The summed E-state index contributed by atoms with van der Waals surface area (Å²) < 4.78 is 5.61. The van der Waals surface area contributed by atoms with E-state index < -0.39 is 0 Å². The molecule has 5 heteroatoms. The summed E-state index contributed by atoms with van der Waals surface area (Å²) in [6.07, 6.45) is 0.531. The van der Waals surface area contributed by atoms with Gasteiger partial charge in [0, 0.05) is 18.5 Å². The Bertz CT molecular complexity index is 618. The lowest BCUT2D eigenvalue weighted by molar-refractivity contribution is 0.318. The molecule has 1 atom stereocenters. The zero-order chi connectivity index (χ0) is 14.5. The lowest BCUT2D eigenvalue weighted by atomic mass is 10.2. The molecule has 0 aliphatic rings. The maximum Gasteiger partial charge on any atom is 0.251 e. The zero-order valence-electron chi connectivity index (χ0n) is 11.7. The number of nitrogens with two attached hydrogens (primary N) is 1. The molecule has 0 aliphatic carbocycles. The van der Waals surface area contributed by atoms with Crippen LogP contribution < -0.4 is 16.0 Å². The van der Waals surface area contributed by atoms with Crippen LogP contribution in [0.2, 0.25) is 0 Å². The minimum Gasteiger partial charge on any atom is -0.493 e. The van der Waals surface area contributed by atoms with Crippen molar-refractivity contribution in [1.29, 1.82) is 0 Å². The molecule has 5 nitrogen and oxygen atoms in total. The van der Waals surface area contributed by atoms with Gasteiger partial charge in [0.25, 0.3) is 5.56 Å². The first kappa shape index (κ1) is 14.3. The molecule has 0 saturated carbocycles. The van der Waals surface area contributed by atoms with Gasteiger partial charge in [0.2, 0.25) is 0 Å². The first-order valence-electron chi connectivity index (χ1n) is 6.60. The van der Waals surface area contributed by atoms with Crippen molar-refractivity contribution in [2.75, 3.05) is 6.61 Å². The van der Waals surface area contributed by atoms with Gasteiger partial charge in [0.05, 0.1) is 12.3 Å². The van der Waals surface area contributed by atoms with Crippen LogP contribution in [0, 0.1) is 6.92 Å². The maximum atomic E-state index is 11.5. The number of hydrogen-bond donors (Lipinski definition) is 2. The van der Waals surface area contributed by atoms with Crippen LogP contribution in [0.15, 0.2) is 35.1 Å². The Labute approximate surface area is 117 Å². The molecule has 1 aromatic heterocycles. The number of benzene rings is 1. The first-order chi connectivity index (χ1) is 9.54. The molecule has 0 spiro atoms. The summed E-state index contributed by atoms with van der Waals surface area (Å²) in [5.41, 5.74) is 7.34. The number of nitrogens with one attached hydrogen (secondary N) is 1. The average Bonchev–Trinajstić information content (AvgIpc) is 2.40. The van der Waals surface area contributed by atoms with Crippen LogP contribution in [0.5, 0.6) is 5.75 Å². The smallest absolute Gasteiger partial charge is 0.251 e. The second kappa shape index (κ2) is 6.34. The van der Waals surface area contributed by atoms with E-state index in [1.54, 1.807) is 6.92 Å². The van der Waals surface area contributed by atoms with E-state index in [-0.39, 0.29) is 11.6 Å². The van der Waals surface area contributed by atoms with Crippen molar-refractivity contribution in [1.82, 2.24) is 9.97 Å². The molecule has 1 heterocycles. The van der Waals surface area contributed by atoms with E-state index in [9.17, 15) is 4.79 Å². The van der Waals surface area contributed by atoms with Gasteiger partial charge < -0.3 is 15.5 Å². The highest BCUT2D eigenvalue weighted by molar-refractivity contribution is 5.26. The Balaban J connectivity index is 1.97. The summed E-state index contributed by atoms with van der Waals surface area (Å²) in [5.74, 6) is 1.40. The fraction of sp³-hybridized carbons (Fsp3) is 0.333. The first-order valence-corrected chi connectivity index (χ1v) is 6.60. The quantitative estimate of drug-likeness (QED) is 0.869. The van der Waals surface area contributed by atoms with Gasteiger partial charge in [-0.25, -0.2) is 4.98 Å². The Hall–Kier alpha value is -2.14. The van der Waals surface area contributed by atoms with Gasteiger partial charge in [-0.1, -0.05) is 17.7 Å². The predicted octanol–water partition coefficient (Wildman–Crippen LogP) is 1.72. The summed E-state index contributed by atoms with van der Waals surface area (Å²) >= 11 is 0. The minimum atomic E-state index is -0.255. The lowest BCUT2D eigenvalue weighted by Gasteiger charge is -2.08. The molecule has 0 saturated heterocycles. The molecular weight excluding hydrogens is 254 g/mol. The molecular formula is C15H19N3O2. The molecule has 0 fully saturated rings. The van der Waals surface area contributed by atoms with Crippen molar-refractivity contribution in [3.05, 3.63) is 57.8 Å². The van der Waals surface area contributed by atoms with E-state index in [1.165, 1.54) is 11.6 Å². The monoisotopic (exact) mass is 273 g/mol. The lowest BCUT2D eigenvalue weighted by Crippen LogP contribution is -2.18. The highest BCUT2D eigenvalue weighted by atomic mass is 16.5. The van der Waals surface area contributed by atoms with E-state index in [4.69, 9.17) is 10.5 Å². The molecule has 2 rings (SSSR count). The average molecular weight is 273 g/mol. The summed E-state index contributed by atoms with van der Waals surface area (Å²) in [4.78, 5) is 18.5. The van der Waals surface area contributed by atoms with Crippen molar-refractivity contribution in [3.63, 3.8) is 0 Å². The Morgan fingerprint density at radius 1 is 1.35 bits per heavy atom. The molecule has 0 bridgehead atoms. The third-order valence-electron chi connectivity index (χ3n) is 2.91. The largest absolute Gasteiger partial charge is 0.493 e. The van der Waals surface area contributed by atoms with Crippen LogP contribution >= 0.6 is 0 Å². The SMILES string of the molecule is Cc1ccc(OCCc2nc(C(C)N)cc(=O)[nH]2)cc1. The zero-order valence-corrected chi connectivity index (χ0v) is 11.7. The molecule has 3 N–H and O–H groups in total. The van der Waals surface area contributed by atoms with Crippen molar-refractivity contribution >= 4 is 0 Å². The molecule has 0 radical (unpaired) electrons. The van der Waals surface area contributed by atoms with Gasteiger partial charge in [-0.15, -0.1) is 0 Å². The van der Waals surface area contributed by atoms with Crippen molar-refractivity contribution in [2.45, 2.75) is 26.3 Å². The Kier molecular flexibility index (Phi) is 4.53. The third-order valence-corrected chi connectivity index (χ3v) is 2.91. The number of aromatic nitrogens is 2. The van der Waals surface area contributed by atoms with Gasteiger partial charge in [-0.05, 0) is 26.0 Å². The summed E-state index contributed by atoms with van der Waals surface area (Å²) in [6.45, 7) is 4.28. The standard InChI is InChI=1S/C15H19N3O2/c1-10-3-5-12(6-4-10)20-8-7-14-17-13(11(2)16)9-15(19)18-14/h3-6,9,11H,7-8,16H2,1-2H3,(H,17,18,19). The topological polar surface area (TPSA) is 81.0 Å². The van der Waals surface area contributed by atoms with E-state index in [1.807, 2.05) is 31.2 Å². The van der Waals surface area contributed by atoms with E-state index in [0.29, 0.717) is 24.5 Å². The number of H-pyrrole nitrogens is 1. The summed E-state index contributed by atoms with van der Waals surface area (Å²) in [6, 6.07) is 9.00. The predicted molar refractivity (Wildman–Crippen MR) is 77.8 cm³/mol. The van der Waals surface area contributed by atoms with Crippen molar-refractivity contribution < 1.29 is 4.74 Å². The number of ether oxygens (including phenoxy) is 1. The van der Waals surface area contributed by atoms with E-state index in [0.717, 1.165) is 5.75 Å². The van der Waals surface area contributed by atoms with Gasteiger partial charge in [-0.3, -0.25) is 4.79 Å². The number of nitrogens with zero attached hydrogens (tertiary/aromatic N) is 1. The van der Waals surface area contributed by atoms with Gasteiger partial charge in [0.15, 0.2) is 0 Å². The number of aromatic amines is 1. The number of aryl methyl sites for hydroxylation is 1. The van der Waals surface area contributed by atoms with Crippen LogP contribution in [0.3, 0.4) is 0 Å². The summed E-state index contributed by atoms with van der Waals surface area (Å²) in [7, 11) is 0. The molecule has 1 unspecified atom stereocenters. The fourth-order valence-corrected chi connectivity index (χ4v) is 1.78. The van der Waals surface area contributed by atoms with Crippen molar-refractivity contribution in [3.8, 4) is 5.75 Å². The second-order valence-corrected chi connectivity index (χ2v) is 4.82. The molecule has 0 amide bonds. The molecule has 1 aromatic carbocycles. The molecule has 2 aromatic rings. The van der Waals surface area contributed by atoms with Crippen LogP contribution in [-0.2, 0) is 6.42 Å². The van der Waals surface area contributed by atoms with Gasteiger partial charge >= 0.3 is 0 Å². The van der Waals surface area contributed by atoms with Crippen LogP contribution in [0.1, 0.15) is 30.0 Å². The second-order valence-electron chi connectivity index (χ2n) is 4.82. The fourth-order valence-electron chi connectivity index (χ4n) is 1.78. The third kappa shape index (κ3) is 3.93. The highest BCUT2D eigenvalue weighted by Gasteiger charge is 2.05. The van der Waals surface area contributed by atoms with Gasteiger partial charge in [-0.2, -0.15) is 0 Å². The molecule has 106 valence electrons. The van der Waals surface area contributed by atoms with Crippen LogP contribution in [-0.4, -0.2) is 16.6 Å². The van der Waals surface area contributed by atoms with E-state index >= 15 is 0 Å². The van der Waals surface area contributed by atoms with Crippen LogP contribution in [0.25, 0.3) is 0 Å². The van der Waals surface area contributed by atoms with Gasteiger partial charge in [0.1, 0.15) is 11.6 Å². The van der Waals surface area contributed by atoms with Crippen molar-refractivity contribution in [2.24, 2.45) is 5.73 Å². The summed E-state index contributed by atoms with van der Waals surface area (Å²) in [5, 5.41) is 0. The Morgan fingerprint density at radius 3 is 2.70 bits per heavy atom. The number of hydrogen-bond acceptors (Lipinski definition) is 4. The molecule has 0 aliphatic heterocycles. The Morgan fingerprint density at radius 2 is 2.05 bits per heavy atom. The minimum absolute atomic E-state index is 0.183. The normalized spacial score (nSPS) is 12.2. The molecule has 20 heavy (non-hydrogen) atoms.